The van der Waals surface area contributed by atoms with Crippen molar-refractivity contribution in [2.45, 2.75) is 32.9 Å². The molecule has 0 spiro atoms. The zero-order chi connectivity index (χ0) is 12.8. The third kappa shape index (κ3) is 4.44. The molecule has 1 amide bonds. The number of nitrogen functional groups attached to an aromatic ring is 1. The molecule has 1 aromatic heterocycles. The highest BCUT2D eigenvalue weighted by molar-refractivity contribution is 7.98. The zero-order valence-electron chi connectivity index (χ0n) is 10.6. The smallest absolute Gasteiger partial charge is 0.268 e. The first-order valence-electron chi connectivity index (χ1n) is 5.72. The molecule has 3 N–H and O–H groups in total. The number of nitrogens with one attached hydrogen (secondary N) is 1. The highest BCUT2D eigenvalue weighted by Gasteiger charge is 2.13. The van der Waals surface area contributed by atoms with Gasteiger partial charge < -0.3 is 4.42 Å². The van der Waals surface area contributed by atoms with Crippen LogP contribution in [0.15, 0.2) is 10.5 Å². The van der Waals surface area contributed by atoms with E-state index >= 15 is 0 Å². The van der Waals surface area contributed by atoms with Gasteiger partial charge in [0, 0.05) is 0 Å². The number of hydrogen-bond donors (Lipinski definition) is 2. The van der Waals surface area contributed by atoms with E-state index in [2.05, 4.69) is 19.3 Å². The van der Waals surface area contributed by atoms with E-state index in [1.807, 2.05) is 11.8 Å². The monoisotopic (exact) mass is 256 g/mol. The van der Waals surface area contributed by atoms with E-state index in [-0.39, 0.29) is 5.91 Å². The number of nitrogens with two attached hydrogens (primary N) is 1. The Hall–Kier alpha value is -0.940. The van der Waals surface area contributed by atoms with E-state index in [9.17, 15) is 4.79 Å². The van der Waals surface area contributed by atoms with Crippen LogP contribution in [0.25, 0.3) is 0 Å². The van der Waals surface area contributed by atoms with Crippen LogP contribution in [0.3, 0.4) is 0 Å². The molecule has 1 aromatic rings. The lowest BCUT2D eigenvalue weighted by atomic mass is 10.2. The first-order chi connectivity index (χ1) is 8.04. The number of amides is 1. The van der Waals surface area contributed by atoms with Gasteiger partial charge in [0.05, 0.1) is 11.3 Å². The van der Waals surface area contributed by atoms with Gasteiger partial charge in [-0.05, 0) is 31.1 Å². The Morgan fingerprint density at radius 3 is 2.88 bits per heavy atom. The van der Waals surface area contributed by atoms with Crippen molar-refractivity contribution < 1.29 is 9.21 Å². The summed E-state index contributed by atoms with van der Waals surface area (Å²) in [4.78, 5) is 11.4. The third-order valence-corrected chi connectivity index (χ3v) is 3.44. The van der Waals surface area contributed by atoms with Crippen molar-refractivity contribution in [3.63, 3.8) is 0 Å². The minimum Gasteiger partial charge on any atom is -0.465 e. The molecule has 0 bridgehead atoms. The molecule has 0 aliphatic rings. The summed E-state index contributed by atoms with van der Waals surface area (Å²) in [6.45, 7) is 6.19. The Morgan fingerprint density at radius 1 is 1.59 bits per heavy atom. The van der Waals surface area contributed by atoms with E-state index in [0.717, 1.165) is 23.2 Å². The number of furan rings is 1. The fourth-order valence-electron chi connectivity index (χ4n) is 1.41. The van der Waals surface area contributed by atoms with Crippen molar-refractivity contribution in [3.05, 3.63) is 23.2 Å². The van der Waals surface area contributed by atoms with Gasteiger partial charge >= 0.3 is 0 Å². The SMILES string of the molecule is Cc1oc(CSCCC(C)C)cc1C(=O)NN. The quantitative estimate of drug-likeness (QED) is 0.355. The second kappa shape index (κ2) is 6.71. The van der Waals surface area contributed by atoms with Crippen LogP contribution in [-0.4, -0.2) is 11.7 Å². The van der Waals surface area contributed by atoms with Crippen molar-refractivity contribution in [2.75, 3.05) is 5.75 Å². The van der Waals surface area contributed by atoms with Crippen LogP contribution < -0.4 is 11.3 Å². The number of rotatable bonds is 6. The lowest BCUT2D eigenvalue weighted by Gasteiger charge is -2.02. The summed E-state index contributed by atoms with van der Waals surface area (Å²) < 4.78 is 5.51. The third-order valence-electron chi connectivity index (χ3n) is 2.43. The van der Waals surface area contributed by atoms with Gasteiger partial charge in [0.25, 0.3) is 5.91 Å². The Balaban J connectivity index is 2.47. The van der Waals surface area contributed by atoms with Crippen LogP contribution in [0.2, 0.25) is 0 Å². The molecule has 96 valence electrons. The molecule has 0 radical (unpaired) electrons. The van der Waals surface area contributed by atoms with Gasteiger partial charge in [-0.2, -0.15) is 11.8 Å². The van der Waals surface area contributed by atoms with Crippen molar-refractivity contribution in [1.82, 2.24) is 5.43 Å². The van der Waals surface area contributed by atoms with Crippen molar-refractivity contribution in [3.8, 4) is 0 Å². The zero-order valence-corrected chi connectivity index (χ0v) is 11.4. The van der Waals surface area contributed by atoms with E-state index in [0.29, 0.717) is 11.3 Å². The number of carbonyl (C=O) groups is 1. The summed E-state index contributed by atoms with van der Waals surface area (Å²) in [6, 6.07) is 1.76. The van der Waals surface area contributed by atoms with Crippen LogP contribution in [0, 0.1) is 12.8 Å². The highest BCUT2D eigenvalue weighted by atomic mass is 32.2. The Labute approximate surface area is 106 Å². The van der Waals surface area contributed by atoms with Gasteiger partial charge in [-0.25, -0.2) is 5.84 Å². The number of hydrazine groups is 1. The highest BCUT2D eigenvalue weighted by Crippen LogP contribution is 2.20. The van der Waals surface area contributed by atoms with Crippen molar-refractivity contribution >= 4 is 17.7 Å². The van der Waals surface area contributed by atoms with E-state index in [1.165, 1.54) is 6.42 Å². The fourth-order valence-corrected chi connectivity index (χ4v) is 2.54. The maximum atomic E-state index is 11.4. The summed E-state index contributed by atoms with van der Waals surface area (Å²) in [5.41, 5.74) is 2.63. The number of hydrogen-bond acceptors (Lipinski definition) is 4. The molecular formula is C12H20N2O2S. The molecule has 0 unspecified atom stereocenters. The molecule has 0 saturated heterocycles. The Morgan fingerprint density at radius 2 is 2.29 bits per heavy atom. The van der Waals surface area contributed by atoms with Gasteiger partial charge in [0.1, 0.15) is 11.5 Å². The minimum absolute atomic E-state index is 0.301. The van der Waals surface area contributed by atoms with Crippen molar-refractivity contribution in [1.29, 1.82) is 0 Å². The van der Waals surface area contributed by atoms with Gasteiger partial charge in [0.2, 0.25) is 0 Å². The van der Waals surface area contributed by atoms with Crippen LogP contribution in [0.1, 0.15) is 42.1 Å². The predicted octanol–water partition coefficient (Wildman–Crippen LogP) is 2.47. The maximum absolute atomic E-state index is 11.4. The fraction of sp³-hybridized carbons (Fsp3) is 0.583. The molecule has 1 rings (SSSR count). The van der Waals surface area contributed by atoms with Crippen LogP contribution >= 0.6 is 11.8 Å². The van der Waals surface area contributed by atoms with Gasteiger partial charge in [-0.3, -0.25) is 10.2 Å². The Bertz CT molecular complexity index is 375. The minimum atomic E-state index is -0.301. The van der Waals surface area contributed by atoms with Crippen molar-refractivity contribution in [2.24, 2.45) is 11.8 Å². The van der Waals surface area contributed by atoms with Crippen LogP contribution in [0.5, 0.6) is 0 Å². The molecule has 0 aliphatic heterocycles. The standard InChI is InChI=1S/C12H20N2O2S/c1-8(2)4-5-17-7-10-6-11(9(3)16-10)12(15)14-13/h6,8H,4-5,7,13H2,1-3H3,(H,14,15). The molecule has 0 atom stereocenters. The van der Waals surface area contributed by atoms with Crippen LogP contribution in [-0.2, 0) is 5.75 Å². The molecule has 4 nitrogen and oxygen atoms in total. The summed E-state index contributed by atoms with van der Waals surface area (Å²) in [5, 5.41) is 0. The molecule has 0 aliphatic carbocycles. The van der Waals surface area contributed by atoms with E-state index in [4.69, 9.17) is 10.3 Å². The normalized spacial score (nSPS) is 10.9. The van der Waals surface area contributed by atoms with E-state index < -0.39 is 0 Å². The molecule has 17 heavy (non-hydrogen) atoms. The molecule has 0 fully saturated rings. The summed E-state index contributed by atoms with van der Waals surface area (Å²) in [7, 11) is 0. The second-order valence-corrected chi connectivity index (χ2v) is 5.50. The lowest BCUT2D eigenvalue weighted by Crippen LogP contribution is -2.30. The lowest BCUT2D eigenvalue weighted by molar-refractivity contribution is 0.0952. The average Bonchev–Trinajstić information content (AvgIpc) is 2.65. The van der Waals surface area contributed by atoms with Crippen LogP contribution in [0.4, 0.5) is 0 Å². The molecule has 0 aromatic carbocycles. The largest absolute Gasteiger partial charge is 0.465 e. The number of thioether (sulfide) groups is 1. The Kier molecular flexibility index (Phi) is 5.58. The predicted molar refractivity (Wildman–Crippen MR) is 70.7 cm³/mol. The van der Waals surface area contributed by atoms with Gasteiger partial charge in [0.15, 0.2) is 0 Å². The first kappa shape index (κ1) is 14.1. The molecule has 0 saturated carbocycles. The summed E-state index contributed by atoms with van der Waals surface area (Å²) in [5.74, 6) is 8.86. The molecule has 1 heterocycles. The first-order valence-corrected chi connectivity index (χ1v) is 6.88. The number of carbonyl (C=O) groups excluding carboxylic acids is 1. The maximum Gasteiger partial charge on any atom is 0.268 e. The summed E-state index contributed by atoms with van der Waals surface area (Å²) in [6.07, 6.45) is 1.19. The topological polar surface area (TPSA) is 68.3 Å². The van der Waals surface area contributed by atoms with Gasteiger partial charge in [-0.1, -0.05) is 13.8 Å². The molecular weight excluding hydrogens is 236 g/mol. The average molecular weight is 256 g/mol. The summed E-state index contributed by atoms with van der Waals surface area (Å²) >= 11 is 1.82. The van der Waals surface area contributed by atoms with Gasteiger partial charge in [-0.15, -0.1) is 0 Å². The molecule has 5 heteroatoms. The second-order valence-electron chi connectivity index (χ2n) is 4.39. The number of aryl methyl sites for hydroxylation is 1. The van der Waals surface area contributed by atoms with E-state index in [1.54, 1.807) is 13.0 Å².